The van der Waals surface area contributed by atoms with Crippen LogP contribution in [0.2, 0.25) is 0 Å². The van der Waals surface area contributed by atoms with Gasteiger partial charge in [0.1, 0.15) is 11.6 Å². The highest BCUT2D eigenvalue weighted by Crippen LogP contribution is 2.36. The molecule has 0 saturated carbocycles. The number of nitrogens with zero attached hydrogens (tertiary/aromatic N) is 1. The van der Waals surface area contributed by atoms with Crippen molar-refractivity contribution < 1.29 is 14.3 Å². The number of carbonyl (C=O) groups excluding carboxylic acids is 1. The number of halogens is 2. The maximum Gasteiger partial charge on any atom is 0.266 e. The van der Waals surface area contributed by atoms with Gasteiger partial charge >= 0.3 is 0 Å². The Morgan fingerprint density at radius 2 is 2.00 bits per heavy atom. The van der Waals surface area contributed by atoms with Crippen LogP contribution in [-0.2, 0) is 4.79 Å². The number of benzene rings is 2. The molecule has 0 bridgehead atoms. The molecule has 0 radical (unpaired) electrons. The van der Waals surface area contributed by atoms with Crippen LogP contribution in [0.15, 0.2) is 46.4 Å². The maximum absolute atomic E-state index is 12.4. The Balaban J connectivity index is 2.34. The second-order valence-corrected chi connectivity index (χ2v) is 6.86. The molecular weight excluding hydrogens is 499 g/mol. The van der Waals surface area contributed by atoms with Gasteiger partial charge in [-0.3, -0.25) is 4.79 Å². The van der Waals surface area contributed by atoms with Crippen molar-refractivity contribution in [1.29, 1.82) is 5.26 Å². The van der Waals surface area contributed by atoms with E-state index in [2.05, 4.69) is 43.8 Å². The molecule has 0 aliphatic heterocycles. The van der Waals surface area contributed by atoms with Gasteiger partial charge in [0, 0.05) is 3.57 Å². The highest BCUT2D eigenvalue weighted by molar-refractivity contribution is 14.1. The van der Waals surface area contributed by atoms with Crippen LogP contribution in [0, 0.1) is 14.9 Å². The summed E-state index contributed by atoms with van der Waals surface area (Å²) in [5, 5.41) is 12.1. The lowest BCUT2D eigenvalue weighted by atomic mass is 10.1. The molecule has 0 aromatic heterocycles. The number of carbonyl (C=O) groups is 1. The zero-order valence-electron chi connectivity index (χ0n) is 13.5. The summed E-state index contributed by atoms with van der Waals surface area (Å²) in [6, 6.07) is 12.7. The lowest BCUT2D eigenvalue weighted by molar-refractivity contribution is -0.112. The molecule has 0 aliphatic carbocycles. The lowest BCUT2D eigenvalue weighted by Crippen LogP contribution is -2.14. The van der Waals surface area contributed by atoms with E-state index in [1.165, 1.54) is 20.3 Å². The molecule has 0 saturated heterocycles. The van der Waals surface area contributed by atoms with Crippen LogP contribution >= 0.6 is 38.5 Å². The number of anilines is 1. The number of nitriles is 1. The van der Waals surface area contributed by atoms with Gasteiger partial charge in [0.05, 0.1) is 24.4 Å². The predicted octanol–water partition coefficient (Wildman–Crippen LogP) is 4.62. The third kappa shape index (κ3) is 4.74. The largest absolute Gasteiger partial charge is 0.493 e. The van der Waals surface area contributed by atoms with Gasteiger partial charge in [-0.15, -0.1) is 0 Å². The van der Waals surface area contributed by atoms with Crippen LogP contribution in [0.5, 0.6) is 11.5 Å². The molecule has 2 aromatic carbocycles. The number of ether oxygens (including phenoxy) is 2. The van der Waals surface area contributed by atoms with E-state index in [4.69, 9.17) is 9.47 Å². The van der Waals surface area contributed by atoms with Crippen LogP contribution in [0.4, 0.5) is 5.69 Å². The van der Waals surface area contributed by atoms with Gasteiger partial charge in [-0.25, -0.2) is 0 Å². The fourth-order valence-electron chi connectivity index (χ4n) is 2.09. The third-order valence-electron chi connectivity index (χ3n) is 3.25. The quantitative estimate of drug-likeness (QED) is 0.360. The van der Waals surface area contributed by atoms with Gasteiger partial charge in [0.15, 0.2) is 11.5 Å². The van der Waals surface area contributed by atoms with Gasteiger partial charge in [-0.2, -0.15) is 5.26 Å². The zero-order chi connectivity index (χ0) is 18.4. The van der Waals surface area contributed by atoms with Crippen LogP contribution < -0.4 is 14.8 Å². The molecule has 0 aliphatic rings. The SMILES string of the molecule is COc1cc(C=C(C#N)C(=O)Nc2ccccc2I)cc(Br)c1OC. The number of rotatable bonds is 5. The Bertz CT molecular complexity index is 875. The molecule has 0 unspecified atom stereocenters. The van der Waals surface area contributed by atoms with E-state index in [1.54, 1.807) is 18.2 Å². The first kappa shape index (κ1) is 19.3. The minimum atomic E-state index is -0.475. The predicted molar refractivity (Wildman–Crippen MR) is 109 cm³/mol. The highest BCUT2D eigenvalue weighted by atomic mass is 127. The average molecular weight is 513 g/mol. The van der Waals surface area contributed by atoms with Gasteiger partial charge < -0.3 is 14.8 Å². The molecule has 0 heterocycles. The molecule has 2 rings (SSSR count). The standard InChI is InChI=1S/C18H14BrIN2O3/c1-24-16-9-11(8-13(19)17(16)25-2)7-12(10-21)18(23)22-15-6-4-3-5-14(15)20/h3-9H,1-2H3,(H,22,23). The summed E-state index contributed by atoms with van der Waals surface area (Å²) >= 11 is 5.51. The fraction of sp³-hybridized carbons (Fsp3) is 0.111. The Hall–Kier alpha value is -2.05. The lowest BCUT2D eigenvalue weighted by Gasteiger charge is -2.11. The molecule has 2 aromatic rings. The van der Waals surface area contributed by atoms with Gasteiger partial charge in [0.2, 0.25) is 0 Å². The summed E-state index contributed by atoms with van der Waals surface area (Å²) < 4.78 is 12.1. The number of methoxy groups -OCH3 is 2. The molecule has 0 spiro atoms. The molecule has 25 heavy (non-hydrogen) atoms. The number of nitrogens with one attached hydrogen (secondary N) is 1. The highest BCUT2D eigenvalue weighted by Gasteiger charge is 2.14. The second kappa shape index (κ2) is 8.87. The molecule has 0 atom stereocenters. The van der Waals surface area contributed by atoms with E-state index >= 15 is 0 Å². The van der Waals surface area contributed by atoms with Crippen molar-refractivity contribution in [3.8, 4) is 17.6 Å². The second-order valence-electron chi connectivity index (χ2n) is 4.84. The molecule has 5 nitrogen and oxygen atoms in total. The average Bonchev–Trinajstić information content (AvgIpc) is 2.60. The Morgan fingerprint density at radius 1 is 1.28 bits per heavy atom. The van der Waals surface area contributed by atoms with E-state index in [0.717, 1.165) is 3.57 Å². The first-order valence-corrected chi connectivity index (χ1v) is 8.96. The topological polar surface area (TPSA) is 71.3 Å². The van der Waals surface area contributed by atoms with E-state index in [0.29, 0.717) is 27.2 Å². The van der Waals surface area contributed by atoms with Crippen molar-refractivity contribution in [1.82, 2.24) is 0 Å². The van der Waals surface area contributed by atoms with Crippen molar-refractivity contribution in [2.24, 2.45) is 0 Å². The van der Waals surface area contributed by atoms with Crippen molar-refractivity contribution in [3.05, 3.63) is 55.6 Å². The Kier molecular flexibility index (Phi) is 6.84. The zero-order valence-corrected chi connectivity index (χ0v) is 17.2. The third-order valence-corrected chi connectivity index (χ3v) is 4.78. The number of para-hydroxylation sites is 1. The van der Waals surface area contributed by atoms with Crippen LogP contribution in [-0.4, -0.2) is 20.1 Å². The normalized spacial score (nSPS) is 10.8. The van der Waals surface area contributed by atoms with Gasteiger partial charge in [-0.1, -0.05) is 12.1 Å². The van der Waals surface area contributed by atoms with Crippen LogP contribution in [0.25, 0.3) is 6.08 Å². The summed E-state index contributed by atoms with van der Waals surface area (Å²) in [6.45, 7) is 0. The van der Waals surface area contributed by atoms with Crippen molar-refractivity contribution in [2.75, 3.05) is 19.5 Å². The van der Waals surface area contributed by atoms with Crippen LogP contribution in [0.3, 0.4) is 0 Å². The first-order valence-electron chi connectivity index (χ1n) is 7.09. The molecule has 7 heteroatoms. The summed E-state index contributed by atoms with van der Waals surface area (Å²) in [6.07, 6.45) is 1.50. The van der Waals surface area contributed by atoms with E-state index < -0.39 is 5.91 Å². The summed E-state index contributed by atoms with van der Waals surface area (Å²) in [5.41, 5.74) is 1.28. The number of hydrogen-bond acceptors (Lipinski definition) is 4. The molecule has 1 N–H and O–H groups in total. The number of amides is 1. The van der Waals surface area contributed by atoms with E-state index in [-0.39, 0.29) is 5.57 Å². The minimum Gasteiger partial charge on any atom is -0.493 e. The summed E-state index contributed by atoms with van der Waals surface area (Å²) in [7, 11) is 3.06. The monoisotopic (exact) mass is 512 g/mol. The maximum atomic E-state index is 12.4. The van der Waals surface area contributed by atoms with E-state index in [1.807, 2.05) is 24.3 Å². The molecule has 0 fully saturated rings. The van der Waals surface area contributed by atoms with Crippen molar-refractivity contribution >= 4 is 56.2 Å². The number of hydrogen-bond donors (Lipinski definition) is 1. The molecule has 1 amide bonds. The van der Waals surface area contributed by atoms with Crippen LogP contribution in [0.1, 0.15) is 5.56 Å². The summed E-state index contributed by atoms with van der Waals surface area (Å²) in [4.78, 5) is 12.4. The van der Waals surface area contributed by atoms with Gasteiger partial charge in [0.25, 0.3) is 5.91 Å². The summed E-state index contributed by atoms with van der Waals surface area (Å²) in [5.74, 6) is 0.567. The van der Waals surface area contributed by atoms with Crippen molar-refractivity contribution in [3.63, 3.8) is 0 Å². The van der Waals surface area contributed by atoms with Crippen molar-refractivity contribution in [2.45, 2.75) is 0 Å². The Morgan fingerprint density at radius 3 is 2.60 bits per heavy atom. The fourth-order valence-corrected chi connectivity index (χ4v) is 3.23. The van der Waals surface area contributed by atoms with Gasteiger partial charge in [-0.05, 0) is 74.4 Å². The smallest absolute Gasteiger partial charge is 0.266 e. The first-order chi connectivity index (χ1) is 12.0. The molecule has 128 valence electrons. The van der Waals surface area contributed by atoms with E-state index in [9.17, 15) is 10.1 Å². The molecular formula is C18H14BrIN2O3. The minimum absolute atomic E-state index is 0.0150. The Labute approximate surface area is 167 Å².